The predicted octanol–water partition coefficient (Wildman–Crippen LogP) is 1.70. The number of imidazole rings is 1. The molecule has 2 saturated carbocycles. The van der Waals surface area contributed by atoms with Gasteiger partial charge in [0.2, 0.25) is 0 Å². The molecule has 1 aromatic heterocycles. The lowest BCUT2D eigenvalue weighted by molar-refractivity contribution is 0.399. The van der Waals surface area contributed by atoms with Crippen LogP contribution in [0, 0.1) is 11.3 Å². The van der Waals surface area contributed by atoms with E-state index < -0.39 is 0 Å². The van der Waals surface area contributed by atoms with Gasteiger partial charge in [-0.15, -0.1) is 0 Å². The van der Waals surface area contributed by atoms with Crippen LogP contribution in [-0.4, -0.2) is 16.1 Å². The van der Waals surface area contributed by atoms with Crippen molar-refractivity contribution in [2.24, 2.45) is 18.4 Å². The normalized spacial score (nSPS) is 23.0. The van der Waals surface area contributed by atoms with Gasteiger partial charge in [-0.3, -0.25) is 0 Å². The van der Waals surface area contributed by atoms with Crippen molar-refractivity contribution in [3.05, 3.63) is 18.2 Å². The lowest BCUT2D eigenvalue weighted by Gasteiger charge is -2.14. The van der Waals surface area contributed by atoms with E-state index in [1.54, 1.807) is 0 Å². The van der Waals surface area contributed by atoms with Gasteiger partial charge in [0.05, 0.1) is 6.54 Å². The van der Waals surface area contributed by atoms with Crippen molar-refractivity contribution in [3.63, 3.8) is 0 Å². The molecule has 0 aliphatic heterocycles. The van der Waals surface area contributed by atoms with Gasteiger partial charge in [0.1, 0.15) is 5.82 Å². The Morgan fingerprint density at radius 2 is 2.33 bits per heavy atom. The summed E-state index contributed by atoms with van der Waals surface area (Å²) in [7, 11) is 2.05. The fourth-order valence-electron chi connectivity index (χ4n) is 2.58. The molecule has 0 atom stereocenters. The highest BCUT2D eigenvalue weighted by Crippen LogP contribution is 2.60. The summed E-state index contributed by atoms with van der Waals surface area (Å²) in [4.78, 5) is 4.32. The van der Waals surface area contributed by atoms with Crippen LogP contribution in [0.3, 0.4) is 0 Å². The summed E-state index contributed by atoms with van der Waals surface area (Å²) in [5, 5.41) is 3.57. The molecule has 1 heterocycles. The minimum absolute atomic E-state index is 0.700. The van der Waals surface area contributed by atoms with Crippen molar-refractivity contribution in [1.29, 1.82) is 0 Å². The van der Waals surface area contributed by atoms with Crippen molar-refractivity contribution < 1.29 is 0 Å². The topological polar surface area (TPSA) is 29.9 Å². The second-order valence-electron chi connectivity index (χ2n) is 5.19. The fraction of sp³-hybridized carbons (Fsp3) is 0.750. The standard InChI is InChI=1S/C12H19N3/c1-15-7-6-14-11(15)8-13-9-12(4-5-12)10-2-3-10/h6-7,10,13H,2-5,8-9H2,1H3. The number of nitrogens with one attached hydrogen (secondary N) is 1. The molecule has 3 rings (SSSR count). The summed E-state index contributed by atoms with van der Waals surface area (Å²) in [6.07, 6.45) is 9.72. The highest BCUT2D eigenvalue weighted by atomic mass is 15.1. The zero-order valence-corrected chi connectivity index (χ0v) is 9.37. The molecular formula is C12H19N3. The lowest BCUT2D eigenvalue weighted by atomic mass is 10.0. The molecular weight excluding hydrogens is 186 g/mol. The number of hydrogen-bond acceptors (Lipinski definition) is 2. The fourth-order valence-corrected chi connectivity index (χ4v) is 2.58. The SMILES string of the molecule is Cn1ccnc1CNCC1(C2CC2)CC1. The van der Waals surface area contributed by atoms with Crippen LogP contribution in [0.1, 0.15) is 31.5 Å². The van der Waals surface area contributed by atoms with Crippen LogP contribution >= 0.6 is 0 Å². The minimum Gasteiger partial charge on any atom is -0.337 e. The van der Waals surface area contributed by atoms with Crippen LogP contribution in [0.25, 0.3) is 0 Å². The van der Waals surface area contributed by atoms with Gasteiger partial charge in [-0.25, -0.2) is 4.98 Å². The van der Waals surface area contributed by atoms with E-state index in [2.05, 4.69) is 21.9 Å². The van der Waals surface area contributed by atoms with Crippen LogP contribution < -0.4 is 5.32 Å². The number of aryl methyl sites for hydroxylation is 1. The van der Waals surface area contributed by atoms with Gasteiger partial charge in [-0.05, 0) is 37.0 Å². The quantitative estimate of drug-likeness (QED) is 0.793. The Morgan fingerprint density at radius 1 is 1.53 bits per heavy atom. The minimum atomic E-state index is 0.700. The monoisotopic (exact) mass is 205 g/mol. The Kier molecular flexibility index (Phi) is 2.09. The smallest absolute Gasteiger partial charge is 0.122 e. The van der Waals surface area contributed by atoms with Crippen LogP contribution in [0.5, 0.6) is 0 Å². The Bertz CT molecular complexity index is 348. The molecule has 82 valence electrons. The van der Waals surface area contributed by atoms with Gasteiger partial charge < -0.3 is 9.88 Å². The third kappa shape index (κ3) is 1.81. The van der Waals surface area contributed by atoms with Crippen molar-refractivity contribution in [3.8, 4) is 0 Å². The second kappa shape index (κ2) is 3.34. The van der Waals surface area contributed by atoms with Crippen molar-refractivity contribution in [2.75, 3.05) is 6.54 Å². The molecule has 2 aliphatic carbocycles. The average Bonchev–Trinajstić information content (AvgIpc) is 3.10. The molecule has 2 aliphatic rings. The molecule has 1 aromatic rings. The third-order valence-corrected chi connectivity index (χ3v) is 4.02. The Hall–Kier alpha value is -0.830. The highest BCUT2D eigenvalue weighted by molar-refractivity contribution is 5.05. The molecule has 0 unspecified atom stereocenters. The number of nitrogens with zero attached hydrogens (tertiary/aromatic N) is 2. The van der Waals surface area contributed by atoms with E-state index in [1.807, 2.05) is 12.4 Å². The van der Waals surface area contributed by atoms with E-state index in [9.17, 15) is 0 Å². The van der Waals surface area contributed by atoms with Crippen molar-refractivity contribution >= 4 is 0 Å². The molecule has 3 nitrogen and oxygen atoms in total. The molecule has 1 N–H and O–H groups in total. The van der Waals surface area contributed by atoms with Gasteiger partial charge in [0, 0.05) is 26.0 Å². The van der Waals surface area contributed by atoms with Crippen LogP contribution in [0.2, 0.25) is 0 Å². The molecule has 0 bridgehead atoms. The van der Waals surface area contributed by atoms with Gasteiger partial charge in [0.25, 0.3) is 0 Å². The van der Waals surface area contributed by atoms with E-state index in [-0.39, 0.29) is 0 Å². The summed E-state index contributed by atoms with van der Waals surface area (Å²) in [6, 6.07) is 0. The molecule has 0 saturated heterocycles. The molecule has 15 heavy (non-hydrogen) atoms. The summed E-state index contributed by atoms with van der Waals surface area (Å²) in [5.74, 6) is 2.19. The van der Waals surface area contributed by atoms with Gasteiger partial charge >= 0.3 is 0 Å². The van der Waals surface area contributed by atoms with Gasteiger partial charge in [-0.2, -0.15) is 0 Å². The molecule has 0 radical (unpaired) electrons. The third-order valence-electron chi connectivity index (χ3n) is 4.02. The highest BCUT2D eigenvalue weighted by Gasteiger charge is 2.53. The number of aromatic nitrogens is 2. The molecule has 0 spiro atoms. The van der Waals surface area contributed by atoms with Gasteiger partial charge in [0.15, 0.2) is 0 Å². The van der Waals surface area contributed by atoms with Crippen LogP contribution in [0.4, 0.5) is 0 Å². The van der Waals surface area contributed by atoms with Crippen molar-refractivity contribution in [2.45, 2.75) is 32.2 Å². The zero-order chi connectivity index (χ0) is 10.3. The second-order valence-corrected chi connectivity index (χ2v) is 5.19. The Morgan fingerprint density at radius 3 is 2.87 bits per heavy atom. The van der Waals surface area contributed by atoms with E-state index in [0.29, 0.717) is 5.41 Å². The lowest BCUT2D eigenvalue weighted by Crippen LogP contribution is -2.26. The summed E-state index contributed by atoms with van der Waals surface area (Å²) >= 11 is 0. The Labute approximate surface area is 90.9 Å². The average molecular weight is 205 g/mol. The summed E-state index contributed by atoms with van der Waals surface area (Å²) < 4.78 is 2.09. The van der Waals surface area contributed by atoms with E-state index in [1.165, 1.54) is 32.2 Å². The molecule has 0 amide bonds. The predicted molar refractivity (Wildman–Crippen MR) is 59.3 cm³/mol. The number of rotatable bonds is 5. The molecule has 0 aromatic carbocycles. The maximum atomic E-state index is 4.32. The molecule has 2 fully saturated rings. The van der Waals surface area contributed by atoms with Gasteiger partial charge in [-0.1, -0.05) is 0 Å². The molecule has 3 heteroatoms. The first-order chi connectivity index (χ1) is 7.30. The van der Waals surface area contributed by atoms with Crippen LogP contribution in [-0.2, 0) is 13.6 Å². The van der Waals surface area contributed by atoms with Crippen molar-refractivity contribution in [1.82, 2.24) is 14.9 Å². The van der Waals surface area contributed by atoms with E-state index in [0.717, 1.165) is 18.3 Å². The van der Waals surface area contributed by atoms with E-state index in [4.69, 9.17) is 0 Å². The number of hydrogen-bond donors (Lipinski definition) is 1. The van der Waals surface area contributed by atoms with Crippen LogP contribution in [0.15, 0.2) is 12.4 Å². The maximum absolute atomic E-state index is 4.32. The van der Waals surface area contributed by atoms with E-state index >= 15 is 0 Å². The first kappa shape index (κ1) is 9.40. The summed E-state index contributed by atoms with van der Waals surface area (Å²) in [5.41, 5.74) is 0.700. The summed E-state index contributed by atoms with van der Waals surface area (Å²) in [6.45, 7) is 2.11. The zero-order valence-electron chi connectivity index (χ0n) is 9.37. The maximum Gasteiger partial charge on any atom is 0.122 e. The first-order valence-corrected chi connectivity index (χ1v) is 5.97. The largest absolute Gasteiger partial charge is 0.337 e. The first-order valence-electron chi connectivity index (χ1n) is 5.97. The Balaban J connectivity index is 1.49.